The Labute approximate surface area is 339 Å². The van der Waals surface area contributed by atoms with Crippen molar-refractivity contribution in [1.82, 2.24) is 9.97 Å². The summed E-state index contributed by atoms with van der Waals surface area (Å²) in [5.74, 6) is 2.63. The molecule has 7 rings (SSSR count). The highest BCUT2D eigenvalue weighted by Gasteiger charge is 2.10. The molecule has 0 amide bonds. The molecule has 2 heterocycles. The van der Waals surface area contributed by atoms with Gasteiger partial charge < -0.3 is 25.1 Å². The summed E-state index contributed by atoms with van der Waals surface area (Å²) in [6.45, 7) is 0. The molecule has 0 aliphatic heterocycles. The lowest BCUT2D eigenvalue weighted by Crippen LogP contribution is -2.11. The second-order valence-corrected chi connectivity index (χ2v) is 16.7. The fourth-order valence-corrected chi connectivity index (χ4v) is 6.42. The van der Waals surface area contributed by atoms with E-state index >= 15 is 0 Å². The van der Waals surface area contributed by atoms with Gasteiger partial charge in [0.25, 0.3) is 0 Å². The molecule has 304 valence electrons. The van der Waals surface area contributed by atoms with Crippen LogP contribution in [0.25, 0.3) is 21.8 Å². The first-order valence-electron chi connectivity index (χ1n) is 16.3. The minimum absolute atomic E-state index is 0.00435. The summed E-state index contributed by atoms with van der Waals surface area (Å²) in [5.41, 5.74) is 7.44. The van der Waals surface area contributed by atoms with E-state index < -0.39 is 30.1 Å². The Kier molecular flexibility index (Phi) is 14.9. The number of anilines is 1. The molecule has 7 aromatic rings. The van der Waals surface area contributed by atoms with Crippen LogP contribution in [0.5, 0.6) is 28.7 Å². The van der Waals surface area contributed by atoms with Crippen LogP contribution in [0.1, 0.15) is 0 Å². The number of nitrogens with zero attached hydrogens (tertiary/aromatic N) is 2. The Morgan fingerprint density at radius 2 is 0.931 bits per heavy atom. The average molecular weight is 869 g/mol. The van der Waals surface area contributed by atoms with E-state index in [4.69, 9.17) is 52.1 Å². The van der Waals surface area contributed by atoms with Crippen LogP contribution in [0.3, 0.4) is 0 Å². The Bertz CT molecular complexity index is 2760. The van der Waals surface area contributed by atoms with Crippen LogP contribution >= 0.6 is 11.6 Å². The summed E-state index contributed by atoms with van der Waals surface area (Å²) in [4.78, 5) is 8.58. The van der Waals surface area contributed by atoms with E-state index in [1.807, 2.05) is 36.4 Å². The van der Waals surface area contributed by atoms with E-state index in [1.54, 1.807) is 50.9 Å². The number of phenols is 1. The summed E-state index contributed by atoms with van der Waals surface area (Å²) in [6, 6.07) is 31.3. The highest BCUT2D eigenvalue weighted by molar-refractivity contribution is 7.89. The molecule has 16 nitrogen and oxygen atoms in total. The number of benzene rings is 5. The zero-order chi connectivity index (χ0) is 42.7. The lowest BCUT2D eigenvalue weighted by molar-refractivity contribution is 0.415. The van der Waals surface area contributed by atoms with Crippen molar-refractivity contribution in [3.8, 4) is 28.7 Å². The van der Waals surface area contributed by atoms with Crippen LogP contribution in [0, 0.1) is 0 Å². The van der Waals surface area contributed by atoms with Crippen molar-refractivity contribution in [3.63, 3.8) is 0 Å². The number of halogens is 1. The van der Waals surface area contributed by atoms with Gasteiger partial charge in [0.1, 0.15) is 28.7 Å². The minimum Gasteiger partial charge on any atom is -0.508 e. The van der Waals surface area contributed by atoms with E-state index in [0.717, 1.165) is 27.6 Å². The monoisotopic (exact) mass is 868 g/mol. The van der Waals surface area contributed by atoms with Crippen LogP contribution < -0.4 is 35.4 Å². The van der Waals surface area contributed by atoms with Gasteiger partial charge in [0, 0.05) is 41.0 Å². The number of sulfonamides is 3. The van der Waals surface area contributed by atoms with Crippen LogP contribution in [0.2, 0.25) is 5.02 Å². The van der Waals surface area contributed by atoms with Crippen molar-refractivity contribution < 1.29 is 44.6 Å². The Morgan fingerprint density at radius 3 is 1.40 bits per heavy atom. The van der Waals surface area contributed by atoms with E-state index in [-0.39, 0.29) is 20.4 Å². The molecule has 20 heteroatoms. The molecule has 0 aliphatic carbocycles. The van der Waals surface area contributed by atoms with E-state index in [9.17, 15) is 25.3 Å². The Hall–Kier alpha value is -6.06. The summed E-state index contributed by atoms with van der Waals surface area (Å²) >= 11 is 5.97. The van der Waals surface area contributed by atoms with Crippen molar-refractivity contribution in [3.05, 3.63) is 139 Å². The average Bonchev–Trinajstić information content (AvgIpc) is 3.18. The number of aromatic nitrogens is 2. The van der Waals surface area contributed by atoms with Crippen LogP contribution in [-0.2, 0) is 30.1 Å². The number of fused-ring (bicyclic) bond motifs is 2. The quantitative estimate of drug-likeness (QED) is 0.123. The third-order valence-electron chi connectivity index (χ3n) is 7.56. The van der Waals surface area contributed by atoms with Crippen molar-refractivity contribution in [2.45, 2.75) is 14.7 Å². The van der Waals surface area contributed by atoms with Crippen molar-refractivity contribution in [1.29, 1.82) is 0 Å². The highest BCUT2D eigenvalue weighted by atomic mass is 35.5. The van der Waals surface area contributed by atoms with E-state index in [0.29, 0.717) is 28.0 Å². The first kappa shape index (κ1) is 44.7. The molecule has 0 spiro atoms. The molecular formula is C38H37ClN6O10S3. The topological polar surface area (TPSA) is 280 Å². The lowest BCUT2D eigenvalue weighted by atomic mass is 10.2. The molecule has 0 bridgehead atoms. The molecule has 0 saturated carbocycles. The number of methoxy groups -OCH3 is 2. The fraction of sp³-hybridized carbons (Fsp3) is 0.0526. The normalized spacial score (nSPS) is 11.1. The summed E-state index contributed by atoms with van der Waals surface area (Å²) in [7, 11) is -7.70. The summed E-state index contributed by atoms with van der Waals surface area (Å²) < 4.78 is 81.2. The SMILES string of the molecule is COc1ccc2c(Cl)ccnc2c1.COc1ccc2c(Oc3ccc(S(N)(=O)=O)cc3)ccnc2c1.NS(=O)(=O)c1ccc(O)cc1.Nc1ccc(S(N)(=O)=O)cc1. The standard InChI is InChI=1S/C16H14N2O4S.C10H8ClNO.C6H8N2O2S.C6H7NO3S/c1-21-12-4-7-14-15(10-12)18-9-8-16(14)22-11-2-5-13(6-3-11)23(17,19)20;1-13-7-2-3-8-9(11)4-5-12-10(8)6-7;7-5-1-3-6(4-2-5)11(8,9)10;7-11(9,10)6-3-1-5(8)2-4-6/h2-10H,1H3,(H2,17,19,20);2-6H,1H3;1-4H,7H2,(H2,8,9,10);1-4,8H,(H2,7,9,10). The molecule has 58 heavy (non-hydrogen) atoms. The van der Waals surface area contributed by atoms with Crippen molar-refractivity contribution in [2.24, 2.45) is 15.4 Å². The zero-order valence-corrected chi connectivity index (χ0v) is 33.8. The minimum atomic E-state index is -3.71. The van der Waals surface area contributed by atoms with Gasteiger partial charge in [-0.05, 0) is 109 Å². The Balaban J connectivity index is 0.000000182. The molecule has 5 aromatic carbocycles. The van der Waals surface area contributed by atoms with Gasteiger partial charge in [-0.2, -0.15) is 0 Å². The maximum absolute atomic E-state index is 11.3. The number of hydrogen-bond donors (Lipinski definition) is 5. The molecule has 0 atom stereocenters. The highest BCUT2D eigenvalue weighted by Crippen LogP contribution is 2.31. The predicted octanol–water partition coefficient (Wildman–Crippen LogP) is 5.54. The summed E-state index contributed by atoms with van der Waals surface area (Å²) in [5, 5.41) is 26.0. The van der Waals surface area contributed by atoms with Gasteiger partial charge in [0.2, 0.25) is 30.1 Å². The van der Waals surface area contributed by atoms with Gasteiger partial charge in [-0.15, -0.1) is 0 Å². The molecule has 0 saturated heterocycles. The second-order valence-electron chi connectivity index (χ2n) is 11.6. The fourth-order valence-electron chi connectivity index (χ4n) is 4.66. The van der Waals surface area contributed by atoms with Gasteiger partial charge in [-0.25, -0.2) is 40.7 Å². The van der Waals surface area contributed by atoms with Gasteiger partial charge in [-0.1, -0.05) is 11.6 Å². The van der Waals surface area contributed by atoms with Crippen molar-refractivity contribution >= 4 is 69.2 Å². The number of hydrogen-bond acceptors (Lipinski definition) is 13. The molecule has 2 aromatic heterocycles. The van der Waals surface area contributed by atoms with E-state index in [1.165, 1.54) is 60.7 Å². The first-order chi connectivity index (χ1) is 27.3. The number of pyridine rings is 2. The summed E-state index contributed by atoms with van der Waals surface area (Å²) in [6.07, 6.45) is 3.32. The lowest BCUT2D eigenvalue weighted by Gasteiger charge is -2.09. The number of ether oxygens (including phenoxy) is 3. The number of nitrogens with two attached hydrogens (primary N) is 4. The molecule has 0 aliphatic rings. The molecule has 0 fully saturated rings. The number of phenolic OH excluding ortho intramolecular Hbond substituents is 1. The predicted molar refractivity (Wildman–Crippen MR) is 221 cm³/mol. The number of rotatable bonds is 7. The molecule has 9 N–H and O–H groups in total. The number of aromatic hydroxyl groups is 1. The zero-order valence-electron chi connectivity index (χ0n) is 30.6. The number of primary sulfonamides is 3. The maximum atomic E-state index is 11.3. The van der Waals surface area contributed by atoms with E-state index in [2.05, 4.69) is 9.97 Å². The molecule has 0 unspecified atom stereocenters. The van der Waals surface area contributed by atoms with Gasteiger partial charge in [0.05, 0.1) is 45.0 Å². The van der Waals surface area contributed by atoms with Crippen LogP contribution in [0.15, 0.2) is 148 Å². The number of nitrogen functional groups attached to an aromatic ring is 1. The van der Waals surface area contributed by atoms with Gasteiger partial charge >= 0.3 is 0 Å². The third-order valence-corrected chi connectivity index (χ3v) is 10.7. The van der Waals surface area contributed by atoms with Crippen LogP contribution in [0.4, 0.5) is 5.69 Å². The van der Waals surface area contributed by atoms with Gasteiger partial charge in [0.15, 0.2) is 0 Å². The molecular weight excluding hydrogens is 832 g/mol. The smallest absolute Gasteiger partial charge is 0.238 e. The second kappa shape index (κ2) is 19.4. The largest absolute Gasteiger partial charge is 0.508 e. The Morgan fingerprint density at radius 1 is 0.534 bits per heavy atom. The maximum Gasteiger partial charge on any atom is 0.238 e. The van der Waals surface area contributed by atoms with Gasteiger partial charge in [-0.3, -0.25) is 9.97 Å². The van der Waals surface area contributed by atoms with Crippen LogP contribution in [-0.4, -0.2) is 54.5 Å². The molecule has 0 radical (unpaired) electrons. The third kappa shape index (κ3) is 13.0. The van der Waals surface area contributed by atoms with Crippen molar-refractivity contribution in [2.75, 3.05) is 20.0 Å². The first-order valence-corrected chi connectivity index (χ1v) is 21.3.